The molecule has 16 heavy (non-hydrogen) atoms. The third-order valence-corrected chi connectivity index (χ3v) is 3.33. The third-order valence-electron chi connectivity index (χ3n) is 3.33. The van der Waals surface area contributed by atoms with E-state index in [1.807, 2.05) is 12.2 Å². The van der Waals surface area contributed by atoms with E-state index in [2.05, 4.69) is 0 Å². The molecule has 1 aliphatic carbocycles. The lowest BCUT2D eigenvalue weighted by molar-refractivity contribution is -0.144. The lowest BCUT2D eigenvalue weighted by Crippen LogP contribution is -2.45. The van der Waals surface area contributed by atoms with Crippen LogP contribution in [0.1, 0.15) is 12.8 Å². The molecule has 2 rings (SSSR count). The Balaban J connectivity index is 2.23. The standard InChI is InChI=1S/C11H15NO4/c13-5-7(6-14)12-10(15)8-3-1-2-4-9(8)11(12)16/h1-2,7-9,13-14H,3-6H2/t8-,9+. The van der Waals surface area contributed by atoms with Crippen LogP contribution in [0.25, 0.3) is 0 Å². The van der Waals surface area contributed by atoms with Gasteiger partial charge in [-0.25, -0.2) is 0 Å². The first-order valence-electron chi connectivity index (χ1n) is 5.44. The summed E-state index contributed by atoms with van der Waals surface area (Å²) in [7, 11) is 0. The Hall–Kier alpha value is -1.20. The Labute approximate surface area is 93.4 Å². The zero-order valence-electron chi connectivity index (χ0n) is 8.87. The van der Waals surface area contributed by atoms with Crippen molar-refractivity contribution in [3.8, 4) is 0 Å². The van der Waals surface area contributed by atoms with Crippen LogP contribution in [0.5, 0.6) is 0 Å². The normalized spacial score (nSPS) is 29.1. The first-order valence-corrected chi connectivity index (χ1v) is 5.44. The quantitative estimate of drug-likeness (QED) is 0.491. The second-order valence-corrected chi connectivity index (χ2v) is 4.22. The summed E-state index contributed by atoms with van der Waals surface area (Å²) < 4.78 is 0. The lowest BCUT2D eigenvalue weighted by Gasteiger charge is -2.22. The average Bonchev–Trinajstić information content (AvgIpc) is 2.57. The van der Waals surface area contributed by atoms with Crippen molar-refractivity contribution in [1.29, 1.82) is 0 Å². The van der Waals surface area contributed by atoms with Gasteiger partial charge in [-0.3, -0.25) is 14.5 Å². The maximum absolute atomic E-state index is 12.0. The van der Waals surface area contributed by atoms with Gasteiger partial charge in [0.25, 0.3) is 0 Å². The smallest absolute Gasteiger partial charge is 0.233 e. The van der Waals surface area contributed by atoms with Gasteiger partial charge in [-0.1, -0.05) is 12.2 Å². The van der Waals surface area contributed by atoms with Crippen molar-refractivity contribution >= 4 is 11.8 Å². The fraction of sp³-hybridized carbons (Fsp3) is 0.636. The molecule has 2 atom stereocenters. The monoisotopic (exact) mass is 225 g/mol. The number of fused-ring (bicyclic) bond motifs is 1. The molecule has 1 aliphatic heterocycles. The summed E-state index contributed by atoms with van der Waals surface area (Å²) in [5, 5.41) is 18.1. The molecule has 0 aromatic carbocycles. The molecule has 1 fully saturated rings. The van der Waals surface area contributed by atoms with E-state index in [-0.39, 0.29) is 36.9 Å². The van der Waals surface area contributed by atoms with E-state index in [0.29, 0.717) is 12.8 Å². The summed E-state index contributed by atoms with van der Waals surface area (Å²) in [4.78, 5) is 25.0. The maximum atomic E-state index is 12.0. The van der Waals surface area contributed by atoms with Gasteiger partial charge in [0, 0.05) is 0 Å². The Morgan fingerprint density at radius 3 is 1.94 bits per heavy atom. The zero-order chi connectivity index (χ0) is 11.7. The minimum atomic E-state index is -0.786. The molecule has 0 unspecified atom stereocenters. The van der Waals surface area contributed by atoms with Crippen molar-refractivity contribution in [2.75, 3.05) is 13.2 Å². The van der Waals surface area contributed by atoms with E-state index in [4.69, 9.17) is 10.2 Å². The number of allylic oxidation sites excluding steroid dienone is 2. The molecule has 5 nitrogen and oxygen atoms in total. The van der Waals surface area contributed by atoms with Gasteiger partial charge < -0.3 is 10.2 Å². The Kier molecular flexibility index (Phi) is 3.07. The summed E-state index contributed by atoms with van der Waals surface area (Å²) in [6, 6.07) is -0.786. The van der Waals surface area contributed by atoms with Crippen LogP contribution >= 0.6 is 0 Å². The average molecular weight is 225 g/mol. The molecule has 0 aromatic heterocycles. The Bertz CT molecular complexity index is 309. The highest BCUT2D eigenvalue weighted by Crippen LogP contribution is 2.35. The number of hydrogen-bond donors (Lipinski definition) is 2. The van der Waals surface area contributed by atoms with Crippen LogP contribution < -0.4 is 0 Å². The van der Waals surface area contributed by atoms with Crippen LogP contribution in [-0.4, -0.2) is 46.2 Å². The minimum Gasteiger partial charge on any atom is -0.394 e. The predicted octanol–water partition coefficient (Wildman–Crippen LogP) is -0.709. The molecule has 2 amide bonds. The van der Waals surface area contributed by atoms with Gasteiger partial charge >= 0.3 is 0 Å². The number of nitrogens with zero attached hydrogens (tertiary/aromatic N) is 1. The number of likely N-dealkylation sites (tertiary alicyclic amines) is 1. The molecular weight excluding hydrogens is 210 g/mol. The summed E-state index contributed by atoms with van der Waals surface area (Å²) in [6.45, 7) is -0.776. The molecule has 0 radical (unpaired) electrons. The summed E-state index contributed by atoms with van der Waals surface area (Å²) in [6.07, 6.45) is 4.97. The lowest BCUT2D eigenvalue weighted by atomic mass is 9.85. The number of rotatable bonds is 3. The van der Waals surface area contributed by atoms with Crippen LogP contribution in [-0.2, 0) is 9.59 Å². The highest BCUT2D eigenvalue weighted by atomic mass is 16.3. The number of aliphatic hydroxyl groups excluding tert-OH is 2. The second kappa shape index (κ2) is 4.35. The highest BCUT2D eigenvalue weighted by molar-refractivity contribution is 6.05. The molecule has 1 heterocycles. The van der Waals surface area contributed by atoms with Gasteiger partial charge in [0.15, 0.2) is 0 Å². The number of carbonyl (C=O) groups is 2. The van der Waals surface area contributed by atoms with Gasteiger partial charge in [-0.15, -0.1) is 0 Å². The highest BCUT2D eigenvalue weighted by Gasteiger charge is 2.49. The molecular formula is C11H15NO4. The number of carbonyl (C=O) groups excluding carboxylic acids is 2. The number of hydrogen-bond acceptors (Lipinski definition) is 4. The molecule has 5 heteroatoms. The van der Waals surface area contributed by atoms with Crippen LogP contribution in [0.3, 0.4) is 0 Å². The first-order chi connectivity index (χ1) is 7.70. The van der Waals surface area contributed by atoms with E-state index in [1.165, 1.54) is 0 Å². The molecule has 88 valence electrons. The molecule has 0 bridgehead atoms. The summed E-state index contributed by atoms with van der Waals surface area (Å²) in [5.41, 5.74) is 0. The van der Waals surface area contributed by atoms with Gasteiger partial charge in [-0.2, -0.15) is 0 Å². The van der Waals surface area contributed by atoms with Gasteiger partial charge in [0.1, 0.15) is 0 Å². The first kappa shape index (κ1) is 11.3. The zero-order valence-corrected chi connectivity index (χ0v) is 8.87. The number of amides is 2. The van der Waals surface area contributed by atoms with Crippen molar-refractivity contribution < 1.29 is 19.8 Å². The maximum Gasteiger partial charge on any atom is 0.233 e. The summed E-state index contributed by atoms with van der Waals surface area (Å²) >= 11 is 0. The van der Waals surface area contributed by atoms with Crippen molar-refractivity contribution in [3.63, 3.8) is 0 Å². The van der Waals surface area contributed by atoms with Crippen LogP contribution in [0.2, 0.25) is 0 Å². The van der Waals surface area contributed by atoms with Crippen molar-refractivity contribution in [3.05, 3.63) is 12.2 Å². The Morgan fingerprint density at radius 1 is 1.12 bits per heavy atom. The number of aliphatic hydroxyl groups is 2. The van der Waals surface area contributed by atoms with Gasteiger partial charge in [0.05, 0.1) is 31.1 Å². The fourth-order valence-corrected chi connectivity index (χ4v) is 2.41. The van der Waals surface area contributed by atoms with E-state index in [0.717, 1.165) is 4.90 Å². The largest absolute Gasteiger partial charge is 0.394 e. The molecule has 0 spiro atoms. The molecule has 2 N–H and O–H groups in total. The van der Waals surface area contributed by atoms with Crippen molar-refractivity contribution in [1.82, 2.24) is 4.90 Å². The minimum absolute atomic E-state index is 0.257. The number of imide groups is 1. The summed E-state index contributed by atoms with van der Waals surface area (Å²) in [5.74, 6) is -1.10. The van der Waals surface area contributed by atoms with E-state index in [1.54, 1.807) is 0 Å². The van der Waals surface area contributed by atoms with Crippen LogP contribution in [0, 0.1) is 11.8 Å². The van der Waals surface area contributed by atoms with Gasteiger partial charge in [0.2, 0.25) is 11.8 Å². The Morgan fingerprint density at radius 2 is 1.56 bits per heavy atom. The van der Waals surface area contributed by atoms with E-state index in [9.17, 15) is 9.59 Å². The topological polar surface area (TPSA) is 77.8 Å². The van der Waals surface area contributed by atoms with Crippen LogP contribution in [0.4, 0.5) is 0 Å². The molecule has 0 aromatic rings. The fourth-order valence-electron chi connectivity index (χ4n) is 2.41. The predicted molar refractivity (Wildman–Crippen MR) is 55.2 cm³/mol. The third kappa shape index (κ3) is 1.56. The van der Waals surface area contributed by atoms with E-state index < -0.39 is 6.04 Å². The van der Waals surface area contributed by atoms with E-state index >= 15 is 0 Å². The molecule has 0 saturated carbocycles. The van der Waals surface area contributed by atoms with Crippen LogP contribution in [0.15, 0.2) is 12.2 Å². The second-order valence-electron chi connectivity index (χ2n) is 4.22. The van der Waals surface area contributed by atoms with Gasteiger partial charge in [-0.05, 0) is 12.8 Å². The molecule has 1 saturated heterocycles. The molecule has 2 aliphatic rings. The van der Waals surface area contributed by atoms with Crippen molar-refractivity contribution in [2.24, 2.45) is 11.8 Å². The van der Waals surface area contributed by atoms with Crippen molar-refractivity contribution in [2.45, 2.75) is 18.9 Å². The SMILES string of the molecule is O=C1[C@H]2CC=CC[C@H]2C(=O)N1C(CO)CO.